The summed E-state index contributed by atoms with van der Waals surface area (Å²) < 4.78 is 44.2. The summed E-state index contributed by atoms with van der Waals surface area (Å²) in [7, 11) is 0. The normalized spacial score (nSPS) is 15.5. The average molecular weight is 395 g/mol. The molecule has 1 fully saturated rings. The fourth-order valence-corrected chi connectivity index (χ4v) is 3.24. The highest BCUT2D eigenvalue weighted by Crippen LogP contribution is 2.31. The van der Waals surface area contributed by atoms with Gasteiger partial charge in [0.25, 0.3) is 5.91 Å². The molecule has 3 heterocycles. The second-order valence-corrected chi connectivity index (χ2v) is 6.75. The van der Waals surface area contributed by atoms with Crippen LogP contribution in [-0.2, 0) is 6.18 Å². The van der Waals surface area contributed by atoms with Gasteiger partial charge in [0.2, 0.25) is 0 Å². The SMILES string of the molecule is CC(=O)c1ccc(C(F)(F)F)nc1N1CCC(NC(=O)c2ccoc2C)CC1. The quantitative estimate of drug-likeness (QED) is 0.801. The molecule has 2 aromatic heterocycles. The molecule has 1 aliphatic heterocycles. The first kappa shape index (κ1) is 19.9. The van der Waals surface area contributed by atoms with Crippen LogP contribution in [0.3, 0.4) is 0 Å². The summed E-state index contributed by atoms with van der Waals surface area (Å²) in [5, 5.41) is 2.91. The van der Waals surface area contributed by atoms with E-state index in [4.69, 9.17) is 4.42 Å². The largest absolute Gasteiger partial charge is 0.469 e. The number of halogens is 3. The molecule has 0 bridgehead atoms. The van der Waals surface area contributed by atoms with E-state index in [1.807, 2.05) is 0 Å². The summed E-state index contributed by atoms with van der Waals surface area (Å²) in [6.45, 7) is 3.75. The van der Waals surface area contributed by atoms with Crippen LogP contribution >= 0.6 is 0 Å². The lowest BCUT2D eigenvalue weighted by atomic mass is 10.0. The molecule has 0 spiro atoms. The van der Waals surface area contributed by atoms with Gasteiger partial charge in [-0.05, 0) is 44.9 Å². The van der Waals surface area contributed by atoms with Crippen LogP contribution in [0.1, 0.15) is 51.9 Å². The molecule has 2 aromatic rings. The van der Waals surface area contributed by atoms with Crippen molar-refractivity contribution < 1.29 is 27.2 Å². The fraction of sp³-hybridized carbons (Fsp3) is 0.421. The Hall–Kier alpha value is -2.84. The number of carbonyl (C=O) groups is 2. The smallest absolute Gasteiger partial charge is 0.433 e. The number of pyridine rings is 1. The number of alkyl halides is 3. The van der Waals surface area contributed by atoms with Crippen molar-refractivity contribution in [2.45, 2.75) is 38.9 Å². The first-order chi connectivity index (χ1) is 13.2. The number of amides is 1. The zero-order valence-corrected chi connectivity index (χ0v) is 15.5. The second kappa shape index (κ2) is 7.65. The summed E-state index contributed by atoms with van der Waals surface area (Å²) in [6, 6.07) is 3.46. The maximum Gasteiger partial charge on any atom is 0.433 e. The Balaban J connectivity index is 1.71. The first-order valence-corrected chi connectivity index (χ1v) is 8.86. The highest BCUT2D eigenvalue weighted by molar-refractivity contribution is 5.99. The highest BCUT2D eigenvalue weighted by atomic mass is 19.4. The minimum Gasteiger partial charge on any atom is -0.469 e. The van der Waals surface area contributed by atoms with Gasteiger partial charge in [-0.25, -0.2) is 4.98 Å². The Bertz CT molecular complexity index is 884. The van der Waals surface area contributed by atoms with Crippen molar-refractivity contribution in [1.29, 1.82) is 0 Å². The van der Waals surface area contributed by atoms with E-state index in [0.717, 1.165) is 6.07 Å². The van der Waals surface area contributed by atoms with Crippen LogP contribution in [0.25, 0.3) is 0 Å². The number of piperidine rings is 1. The predicted molar refractivity (Wildman–Crippen MR) is 95.4 cm³/mol. The maximum absolute atomic E-state index is 13.0. The zero-order chi connectivity index (χ0) is 20.5. The van der Waals surface area contributed by atoms with Crippen LogP contribution in [0, 0.1) is 6.92 Å². The van der Waals surface area contributed by atoms with E-state index in [-0.39, 0.29) is 29.1 Å². The number of carbonyl (C=O) groups excluding carboxylic acids is 2. The van der Waals surface area contributed by atoms with Gasteiger partial charge < -0.3 is 14.6 Å². The second-order valence-electron chi connectivity index (χ2n) is 6.75. The van der Waals surface area contributed by atoms with Crippen molar-refractivity contribution in [3.05, 3.63) is 47.0 Å². The van der Waals surface area contributed by atoms with Crippen LogP contribution in [-0.4, -0.2) is 35.8 Å². The van der Waals surface area contributed by atoms with E-state index in [1.54, 1.807) is 17.9 Å². The molecule has 0 aliphatic carbocycles. The molecule has 0 radical (unpaired) electrons. The fourth-order valence-electron chi connectivity index (χ4n) is 3.24. The van der Waals surface area contributed by atoms with Gasteiger partial charge in [0.15, 0.2) is 5.78 Å². The van der Waals surface area contributed by atoms with Gasteiger partial charge in [-0.15, -0.1) is 0 Å². The van der Waals surface area contributed by atoms with Gasteiger partial charge in [0.05, 0.1) is 17.4 Å². The van der Waals surface area contributed by atoms with E-state index in [9.17, 15) is 22.8 Å². The van der Waals surface area contributed by atoms with Gasteiger partial charge in [0, 0.05) is 19.1 Å². The van der Waals surface area contributed by atoms with Crippen LogP contribution in [0.5, 0.6) is 0 Å². The minimum absolute atomic E-state index is 0.0396. The van der Waals surface area contributed by atoms with Crippen LogP contribution in [0.4, 0.5) is 19.0 Å². The molecular weight excluding hydrogens is 375 g/mol. The van der Waals surface area contributed by atoms with Crippen molar-refractivity contribution in [3.63, 3.8) is 0 Å². The molecule has 0 saturated carbocycles. The van der Waals surface area contributed by atoms with Crippen molar-refractivity contribution in [1.82, 2.24) is 10.3 Å². The molecule has 9 heteroatoms. The zero-order valence-electron chi connectivity index (χ0n) is 15.5. The third kappa shape index (κ3) is 4.18. The monoisotopic (exact) mass is 395 g/mol. The number of nitrogens with zero attached hydrogens (tertiary/aromatic N) is 2. The molecular formula is C19H20F3N3O3. The van der Waals surface area contributed by atoms with E-state index < -0.39 is 11.9 Å². The van der Waals surface area contributed by atoms with Crippen molar-refractivity contribution in [2.75, 3.05) is 18.0 Å². The van der Waals surface area contributed by atoms with Gasteiger partial charge in [0.1, 0.15) is 17.3 Å². The third-order valence-electron chi connectivity index (χ3n) is 4.78. The van der Waals surface area contributed by atoms with E-state index >= 15 is 0 Å². The number of Topliss-reactive ketones (excluding diaryl/α,β-unsaturated/α-hetero) is 1. The first-order valence-electron chi connectivity index (χ1n) is 8.86. The van der Waals surface area contributed by atoms with Gasteiger partial charge in [-0.2, -0.15) is 13.2 Å². The molecule has 28 heavy (non-hydrogen) atoms. The topological polar surface area (TPSA) is 75.4 Å². The van der Waals surface area contributed by atoms with Crippen molar-refractivity contribution in [2.24, 2.45) is 0 Å². The number of aromatic nitrogens is 1. The number of hydrogen-bond acceptors (Lipinski definition) is 5. The van der Waals surface area contributed by atoms with E-state index in [1.165, 1.54) is 19.3 Å². The minimum atomic E-state index is -4.58. The molecule has 3 rings (SSSR count). The van der Waals surface area contributed by atoms with Gasteiger partial charge >= 0.3 is 6.18 Å². The van der Waals surface area contributed by atoms with Crippen LogP contribution in [0.2, 0.25) is 0 Å². The molecule has 150 valence electrons. The molecule has 1 amide bonds. The maximum atomic E-state index is 13.0. The van der Waals surface area contributed by atoms with Crippen molar-refractivity contribution in [3.8, 4) is 0 Å². The van der Waals surface area contributed by atoms with Gasteiger partial charge in [-0.3, -0.25) is 9.59 Å². The number of aryl methyl sites for hydroxylation is 1. The number of furan rings is 1. The molecule has 1 saturated heterocycles. The molecule has 0 unspecified atom stereocenters. The lowest BCUT2D eigenvalue weighted by molar-refractivity contribution is -0.141. The summed E-state index contributed by atoms with van der Waals surface area (Å²) in [5.41, 5.74) is -0.413. The van der Waals surface area contributed by atoms with Gasteiger partial charge in [-0.1, -0.05) is 0 Å². The number of anilines is 1. The predicted octanol–water partition coefficient (Wildman–Crippen LogP) is 3.60. The average Bonchev–Trinajstić information content (AvgIpc) is 3.07. The molecule has 0 aromatic carbocycles. The van der Waals surface area contributed by atoms with Crippen LogP contribution in [0.15, 0.2) is 28.9 Å². The Morgan fingerprint density at radius 3 is 2.39 bits per heavy atom. The Morgan fingerprint density at radius 2 is 1.86 bits per heavy atom. The Morgan fingerprint density at radius 1 is 1.18 bits per heavy atom. The number of nitrogens with one attached hydrogen (secondary N) is 1. The number of rotatable bonds is 4. The van der Waals surface area contributed by atoms with E-state index in [0.29, 0.717) is 37.3 Å². The highest BCUT2D eigenvalue weighted by Gasteiger charge is 2.34. The Labute approximate surface area is 159 Å². The van der Waals surface area contributed by atoms with E-state index in [2.05, 4.69) is 10.3 Å². The van der Waals surface area contributed by atoms with Crippen LogP contribution < -0.4 is 10.2 Å². The number of hydrogen-bond donors (Lipinski definition) is 1. The molecule has 0 atom stereocenters. The lowest BCUT2D eigenvalue weighted by Crippen LogP contribution is -2.45. The van der Waals surface area contributed by atoms with Crippen molar-refractivity contribution >= 4 is 17.5 Å². The molecule has 1 aliphatic rings. The summed E-state index contributed by atoms with van der Waals surface area (Å²) in [4.78, 5) is 29.5. The third-order valence-corrected chi connectivity index (χ3v) is 4.78. The Kier molecular flexibility index (Phi) is 5.44. The summed E-state index contributed by atoms with van der Waals surface area (Å²) in [6.07, 6.45) is -2.09. The standard InChI is InChI=1S/C19H20F3N3O3/c1-11(26)14-3-4-16(19(20,21)22)24-17(14)25-8-5-13(6-9-25)23-18(27)15-7-10-28-12(15)2/h3-4,7,10,13H,5-6,8-9H2,1-2H3,(H,23,27). The molecule has 1 N–H and O–H groups in total. The number of ketones is 1. The lowest BCUT2D eigenvalue weighted by Gasteiger charge is -2.34. The summed E-state index contributed by atoms with van der Waals surface area (Å²) in [5.74, 6) is -0.0274. The summed E-state index contributed by atoms with van der Waals surface area (Å²) >= 11 is 0. The molecule has 6 nitrogen and oxygen atoms in total.